The number of nitrogens with zero attached hydrogens (tertiary/aromatic N) is 1. The first kappa shape index (κ1) is 28.1. The summed E-state index contributed by atoms with van der Waals surface area (Å²) in [6.07, 6.45) is 0.705. The maximum absolute atomic E-state index is 12.8. The fraction of sp³-hybridized carbons (Fsp3) is 0.722. The van der Waals surface area contributed by atoms with Crippen molar-refractivity contribution in [2.75, 3.05) is 13.2 Å². The van der Waals surface area contributed by atoms with Gasteiger partial charge in [-0.05, 0) is 32.1 Å². The number of carboxylic acid groups (broad SMARTS) is 1. The van der Waals surface area contributed by atoms with E-state index in [1.807, 2.05) is 13.8 Å². The number of nitrogens with two attached hydrogens (primary N) is 3. The van der Waals surface area contributed by atoms with Gasteiger partial charge in [-0.3, -0.25) is 24.2 Å². The molecular formula is C18H35N7O6. The molecule has 0 saturated carbocycles. The molecule has 0 aromatic rings. The monoisotopic (exact) mass is 445 g/mol. The van der Waals surface area contributed by atoms with E-state index in [1.165, 1.54) is 6.92 Å². The number of carboxylic acids is 1. The van der Waals surface area contributed by atoms with Crippen LogP contribution in [0.4, 0.5) is 0 Å². The molecule has 0 spiro atoms. The number of nitrogens with one attached hydrogen (secondary N) is 3. The summed E-state index contributed by atoms with van der Waals surface area (Å²) in [5, 5.41) is 25.3. The first-order valence-electron chi connectivity index (χ1n) is 9.94. The van der Waals surface area contributed by atoms with E-state index in [2.05, 4.69) is 20.9 Å². The van der Waals surface area contributed by atoms with E-state index in [0.717, 1.165) is 0 Å². The number of carbonyl (C=O) groups excluding carboxylic acids is 3. The van der Waals surface area contributed by atoms with Crippen molar-refractivity contribution in [1.29, 1.82) is 0 Å². The zero-order valence-electron chi connectivity index (χ0n) is 18.1. The van der Waals surface area contributed by atoms with Crippen molar-refractivity contribution < 1.29 is 29.4 Å². The number of hydrogen-bond acceptors (Lipinski definition) is 7. The molecule has 0 aromatic heterocycles. The number of amides is 3. The Kier molecular flexibility index (Phi) is 12.8. The molecule has 0 saturated heterocycles. The summed E-state index contributed by atoms with van der Waals surface area (Å²) in [5.41, 5.74) is 16.0. The number of aliphatic imine (C=N–C) groups is 1. The zero-order chi connectivity index (χ0) is 24.1. The molecule has 11 N–H and O–H groups in total. The first-order chi connectivity index (χ1) is 14.4. The van der Waals surface area contributed by atoms with Crippen molar-refractivity contribution in [3.63, 3.8) is 0 Å². The van der Waals surface area contributed by atoms with Gasteiger partial charge in [0.15, 0.2) is 5.96 Å². The molecular weight excluding hydrogens is 410 g/mol. The van der Waals surface area contributed by atoms with E-state index in [1.54, 1.807) is 0 Å². The highest BCUT2D eigenvalue weighted by Gasteiger charge is 2.29. The lowest BCUT2D eigenvalue weighted by atomic mass is 10.0. The van der Waals surface area contributed by atoms with Crippen LogP contribution in [0.3, 0.4) is 0 Å². The van der Waals surface area contributed by atoms with Crippen LogP contribution >= 0.6 is 0 Å². The molecule has 13 nitrogen and oxygen atoms in total. The molecule has 3 amide bonds. The molecule has 0 aliphatic heterocycles. The molecule has 0 heterocycles. The predicted octanol–water partition coefficient (Wildman–Crippen LogP) is -3.04. The van der Waals surface area contributed by atoms with Gasteiger partial charge in [0, 0.05) is 6.54 Å². The third kappa shape index (κ3) is 11.7. The Labute approximate surface area is 181 Å². The largest absolute Gasteiger partial charge is 0.480 e. The van der Waals surface area contributed by atoms with Gasteiger partial charge in [0.2, 0.25) is 17.7 Å². The molecule has 178 valence electrons. The molecule has 4 unspecified atom stereocenters. The molecule has 13 heteroatoms. The quantitative estimate of drug-likeness (QED) is 0.0769. The summed E-state index contributed by atoms with van der Waals surface area (Å²) in [6, 6.07) is -4.45. The lowest BCUT2D eigenvalue weighted by Gasteiger charge is -2.25. The molecule has 0 aliphatic carbocycles. The third-order valence-corrected chi connectivity index (χ3v) is 4.18. The lowest BCUT2D eigenvalue weighted by molar-refractivity contribution is -0.141. The Morgan fingerprint density at radius 3 is 1.97 bits per heavy atom. The topological polar surface area (TPSA) is 235 Å². The minimum atomic E-state index is -1.23. The van der Waals surface area contributed by atoms with Gasteiger partial charge in [-0.25, -0.2) is 0 Å². The SMILES string of the molecule is CC(C)CC(NC(=O)C(N)CO)C(=O)NC(CCCN=C(N)N)C(=O)NC(C)C(=O)O. The smallest absolute Gasteiger partial charge is 0.325 e. The molecule has 0 fully saturated rings. The fourth-order valence-electron chi connectivity index (χ4n) is 2.48. The van der Waals surface area contributed by atoms with Crippen LogP contribution in [0.15, 0.2) is 4.99 Å². The normalized spacial score (nSPS) is 14.6. The number of carbonyl (C=O) groups is 4. The van der Waals surface area contributed by atoms with E-state index in [9.17, 15) is 19.2 Å². The second-order valence-corrected chi connectivity index (χ2v) is 7.56. The van der Waals surface area contributed by atoms with Crippen molar-refractivity contribution in [2.45, 2.75) is 64.2 Å². The summed E-state index contributed by atoms with van der Waals surface area (Å²) in [6.45, 7) is 4.58. The van der Waals surface area contributed by atoms with E-state index >= 15 is 0 Å². The lowest BCUT2D eigenvalue weighted by Crippen LogP contribution is -2.57. The molecule has 0 aromatic carbocycles. The van der Waals surface area contributed by atoms with Crippen molar-refractivity contribution in [2.24, 2.45) is 28.1 Å². The fourth-order valence-corrected chi connectivity index (χ4v) is 2.48. The van der Waals surface area contributed by atoms with Gasteiger partial charge in [0.05, 0.1) is 6.61 Å². The zero-order valence-corrected chi connectivity index (χ0v) is 18.1. The van der Waals surface area contributed by atoms with Gasteiger partial charge in [0.25, 0.3) is 0 Å². The van der Waals surface area contributed by atoms with E-state index < -0.39 is 54.5 Å². The maximum atomic E-state index is 12.8. The van der Waals surface area contributed by atoms with Gasteiger partial charge >= 0.3 is 5.97 Å². The van der Waals surface area contributed by atoms with Crippen LogP contribution in [-0.2, 0) is 19.2 Å². The summed E-state index contributed by atoms with van der Waals surface area (Å²) < 4.78 is 0. The summed E-state index contributed by atoms with van der Waals surface area (Å²) >= 11 is 0. The van der Waals surface area contributed by atoms with Crippen molar-refractivity contribution in [3.8, 4) is 0 Å². The van der Waals surface area contributed by atoms with Crippen LogP contribution in [-0.4, -0.2) is 77.2 Å². The minimum absolute atomic E-state index is 0.0163. The Hall–Kier alpha value is -2.93. The number of hydrogen-bond donors (Lipinski definition) is 8. The highest BCUT2D eigenvalue weighted by Crippen LogP contribution is 2.07. The molecule has 0 aliphatic rings. The highest BCUT2D eigenvalue weighted by molar-refractivity contribution is 5.94. The molecule has 0 rings (SSSR count). The third-order valence-electron chi connectivity index (χ3n) is 4.18. The van der Waals surface area contributed by atoms with Crippen molar-refractivity contribution in [3.05, 3.63) is 0 Å². The number of aliphatic carboxylic acids is 1. The van der Waals surface area contributed by atoms with Crippen LogP contribution < -0.4 is 33.2 Å². The predicted molar refractivity (Wildman–Crippen MR) is 114 cm³/mol. The van der Waals surface area contributed by atoms with Gasteiger partial charge in [-0.1, -0.05) is 13.8 Å². The summed E-state index contributed by atoms with van der Waals surface area (Å²) in [7, 11) is 0. The minimum Gasteiger partial charge on any atom is -0.480 e. The van der Waals surface area contributed by atoms with E-state index in [4.69, 9.17) is 27.4 Å². The van der Waals surface area contributed by atoms with Crippen LogP contribution in [0.2, 0.25) is 0 Å². The molecule has 0 bridgehead atoms. The summed E-state index contributed by atoms with van der Waals surface area (Å²) in [4.78, 5) is 52.2. The number of aliphatic hydroxyl groups excluding tert-OH is 1. The van der Waals surface area contributed by atoms with Crippen LogP contribution in [0.1, 0.15) is 40.0 Å². The Bertz CT molecular complexity index is 651. The highest BCUT2D eigenvalue weighted by atomic mass is 16.4. The standard InChI is InChI=1S/C18H35N7O6/c1-9(2)7-13(25-14(27)11(19)8-26)16(29)24-12(5-4-6-22-18(20)21)15(28)23-10(3)17(30)31/h9-13,26H,4-8,19H2,1-3H3,(H,23,28)(H,24,29)(H,25,27)(H,30,31)(H4,20,21,22). The molecule has 0 radical (unpaired) electrons. The Balaban J connectivity index is 5.38. The number of guanidine groups is 1. The van der Waals surface area contributed by atoms with Crippen molar-refractivity contribution >= 4 is 29.7 Å². The maximum Gasteiger partial charge on any atom is 0.325 e. The Morgan fingerprint density at radius 1 is 0.935 bits per heavy atom. The first-order valence-corrected chi connectivity index (χ1v) is 9.94. The van der Waals surface area contributed by atoms with Gasteiger partial charge in [0.1, 0.15) is 24.2 Å². The van der Waals surface area contributed by atoms with E-state index in [-0.39, 0.29) is 31.3 Å². The van der Waals surface area contributed by atoms with Gasteiger partial charge in [-0.2, -0.15) is 0 Å². The Morgan fingerprint density at radius 2 is 1.48 bits per heavy atom. The molecule has 4 atom stereocenters. The number of rotatable bonds is 14. The van der Waals surface area contributed by atoms with Crippen LogP contribution in [0, 0.1) is 5.92 Å². The van der Waals surface area contributed by atoms with Gasteiger partial charge < -0.3 is 43.4 Å². The second kappa shape index (κ2) is 14.1. The number of aliphatic hydroxyl groups is 1. The average Bonchev–Trinajstić information content (AvgIpc) is 2.67. The van der Waals surface area contributed by atoms with Gasteiger partial charge in [-0.15, -0.1) is 0 Å². The summed E-state index contributed by atoms with van der Waals surface area (Å²) in [5.74, 6) is -3.39. The molecule has 31 heavy (non-hydrogen) atoms. The average molecular weight is 446 g/mol. The van der Waals surface area contributed by atoms with E-state index in [0.29, 0.717) is 6.42 Å². The van der Waals surface area contributed by atoms with Crippen LogP contribution in [0.5, 0.6) is 0 Å². The van der Waals surface area contributed by atoms with Crippen molar-refractivity contribution in [1.82, 2.24) is 16.0 Å². The van der Waals surface area contributed by atoms with Crippen LogP contribution in [0.25, 0.3) is 0 Å². The second-order valence-electron chi connectivity index (χ2n) is 7.56.